The molecule has 2 aromatic rings. The van der Waals surface area contributed by atoms with Gasteiger partial charge in [-0.05, 0) is 52.3 Å². The molecule has 0 unspecified atom stereocenters. The van der Waals surface area contributed by atoms with Crippen molar-refractivity contribution in [3.05, 3.63) is 58.1 Å². The molecule has 0 aromatic heterocycles. The number of nitrogens with one attached hydrogen (secondary N) is 1. The lowest BCUT2D eigenvalue weighted by Crippen LogP contribution is -2.13. The number of phenolic OH excluding ortho intramolecular Hbond substituents is 1. The molecule has 4 N–H and O–H groups in total. The summed E-state index contributed by atoms with van der Waals surface area (Å²) in [5, 5.41) is 12.1. The van der Waals surface area contributed by atoms with Crippen LogP contribution in [0.25, 0.3) is 0 Å². The Hall–Kier alpha value is -1.92. The Balaban J connectivity index is 2.22. The van der Waals surface area contributed by atoms with Gasteiger partial charge in [0.15, 0.2) is 0 Å². The van der Waals surface area contributed by atoms with Gasteiger partial charge in [-0.3, -0.25) is 4.79 Å². The molecular formula is C14H11BrN2O2S. The minimum atomic E-state index is -0.315. The summed E-state index contributed by atoms with van der Waals surface area (Å²) < 4.78 is 0.677. The van der Waals surface area contributed by atoms with Crippen molar-refractivity contribution in [2.45, 2.75) is 0 Å². The number of amides is 1. The smallest absolute Gasteiger partial charge is 0.255 e. The van der Waals surface area contributed by atoms with Crippen LogP contribution in [-0.4, -0.2) is 16.0 Å². The second-order valence-corrected chi connectivity index (χ2v) is 5.36. The Labute approximate surface area is 129 Å². The van der Waals surface area contributed by atoms with Gasteiger partial charge in [0.05, 0.1) is 5.69 Å². The van der Waals surface area contributed by atoms with E-state index in [0.29, 0.717) is 21.3 Å². The number of rotatable bonds is 3. The molecule has 1 amide bonds. The molecule has 2 aromatic carbocycles. The molecule has 0 aliphatic carbocycles. The van der Waals surface area contributed by atoms with Crippen molar-refractivity contribution in [2.24, 2.45) is 5.73 Å². The molecular weight excluding hydrogens is 340 g/mol. The Bertz CT molecular complexity index is 689. The average Bonchev–Trinajstić information content (AvgIpc) is 2.40. The summed E-state index contributed by atoms with van der Waals surface area (Å²) in [5.41, 5.74) is 7.21. The maximum absolute atomic E-state index is 12.0. The van der Waals surface area contributed by atoms with Crippen LogP contribution in [0.5, 0.6) is 5.75 Å². The zero-order valence-electron chi connectivity index (χ0n) is 10.3. The van der Waals surface area contributed by atoms with Crippen LogP contribution in [0.15, 0.2) is 46.9 Å². The highest BCUT2D eigenvalue weighted by Crippen LogP contribution is 2.24. The van der Waals surface area contributed by atoms with E-state index in [9.17, 15) is 9.90 Å². The van der Waals surface area contributed by atoms with Gasteiger partial charge in [0.2, 0.25) is 0 Å². The second kappa shape index (κ2) is 6.02. The molecule has 0 radical (unpaired) electrons. The van der Waals surface area contributed by atoms with Gasteiger partial charge >= 0.3 is 0 Å². The van der Waals surface area contributed by atoms with Gasteiger partial charge in [-0.2, -0.15) is 0 Å². The zero-order valence-corrected chi connectivity index (χ0v) is 12.7. The first kappa shape index (κ1) is 14.5. The van der Waals surface area contributed by atoms with Crippen molar-refractivity contribution in [1.82, 2.24) is 0 Å². The highest BCUT2D eigenvalue weighted by molar-refractivity contribution is 9.10. The van der Waals surface area contributed by atoms with E-state index in [1.807, 2.05) is 0 Å². The van der Waals surface area contributed by atoms with Crippen molar-refractivity contribution in [3.8, 4) is 5.75 Å². The fourth-order valence-corrected chi connectivity index (χ4v) is 2.22. The quantitative estimate of drug-likeness (QED) is 0.743. The molecule has 0 heterocycles. The minimum absolute atomic E-state index is 0.0422. The highest BCUT2D eigenvalue weighted by atomic mass is 79.9. The second-order valence-electron chi connectivity index (χ2n) is 4.06. The SMILES string of the molecule is NC(=S)c1ccc(NC(=O)c2cccc(O)c2)c(Br)c1. The van der Waals surface area contributed by atoms with Crippen LogP contribution in [0, 0.1) is 0 Å². The Morgan fingerprint density at radius 3 is 2.55 bits per heavy atom. The number of carbonyl (C=O) groups is 1. The van der Waals surface area contributed by atoms with E-state index in [-0.39, 0.29) is 16.6 Å². The lowest BCUT2D eigenvalue weighted by molar-refractivity contribution is 0.102. The molecule has 0 fully saturated rings. The number of carbonyl (C=O) groups excluding carboxylic acids is 1. The molecule has 0 aliphatic heterocycles. The highest BCUT2D eigenvalue weighted by Gasteiger charge is 2.09. The van der Waals surface area contributed by atoms with Crippen LogP contribution in [0.1, 0.15) is 15.9 Å². The van der Waals surface area contributed by atoms with Crippen molar-refractivity contribution in [2.75, 3.05) is 5.32 Å². The van der Waals surface area contributed by atoms with E-state index in [2.05, 4.69) is 21.2 Å². The molecule has 0 bridgehead atoms. The lowest BCUT2D eigenvalue weighted by Gasteiger charge is -2.09. The third-order valence-corrected chi connectivity index (χ3v) is 3.50. The van der Waals surface area contributed by atoms with Crippen LogP contribution in [-0.2, 0) is 0 Å². The predicted octanol–water partition coefficient (Wildman–Crippen LogP) is 3.04. The largest absolute Gasteiger partial charge is 0.508 e. The lowest BCUT2D eigenvalue weighted by atomic mass is 10.1. The Morgan fingerprint density at radius 1 is 1.20 bits per heavy atom. The van der Waals surface area contributed by atoms with E-state index in [1.165, 1.54) is 12.1 Å². The molecule has 0 aliphatic rings. The van der Waals surface area contributed by atoms with Gasteiger partial charge in [0.1, 0.15) is 10.7 Å². The molecule has 102 valence electrons. The van der Waals surface area contributed by atoms with Gasteiger partial charge < -0.3 is 16.2 Å². The van der Waals surface area contributed by atoms with Crippen molar-refractivity contribution >= 4 is 44.7 Å². The monoisotopic (exact) mass is 350 g/mol. The number of hydrogen-bond acceptors (Lipinski definition) is 3. The van der Waals surface area contributed by atoms with Gasteiger partial charge in [-0.25, -0.2) is 0 Å². The van der Waals surface area contributed by atoms with Crippen LogP contribution < -0.4 is 11.1 Å². The van der Waals surface area contributed by atoms with Gasteiger partial charge in [0, 0.05) is 15.6 Å². The maximum atomic E-state index is 12.0. The van der Waals surface area contributed by atoms with Crippen LogP contribution in [0.4, 0.5) is 5.69 Å². The molecule has 0 saturated carbocycles. The number of nitrogens with two attached hydrogens (primary N) is 1. The van der Waals surface area contributed by atoms with E-state index in [0.717, 1.165) is 0 Å². The average molecular weight is 351 g/mol. The fraction of sp³-hybridized carbons (Fsp3) is 0. The number of benzene rings is 2. The number of thiocarbonyl (C=S) groups is 1. The van der Waals surface area contributed by atoms with Crippen molar-refractivity contribution in [3.63, 3.8) is 0 Å². The summed E-state index contributed by atoms with van der Waals surface area (Å²) in [6.07, 6.45) is 0. The molecule has 0 saturated heterocycles. The van der Waals surface area contributed by atoms with E-state index < -0.39 is 0 Å². The molecule has 4 nitrogen and oxygen atoms in total. The number of anilines is 1. The number of phenols is 1. The standard InChI is InChI=1S/C14H11BrN2O2S/c15-11-7-8(13(16)20)4-5-12(11)17-14(19)9-2-1-3-10(18)6-9/h1-7,18H,(H2,16,20)(H,17,19). The summed E-state index contributed by atoms with van der Waals surface area (Å²) in [7, 11) is 0. The summed E-state index contributed by atoms with van der Waals surface area (Å²) in [5.74, 6) is -0.273. The number of aromatic hydroxyl groups is 1. The topological polar surface area (TPSA) is 75.3 Å². The van der Waals surface area contributed by atoms with Crippen LogP contribution in [0.2, 0.25) is 0 Å². The molecule has 20 heavy (non-hydrogen) atoms. The van der Waals surface area contributed by atoms with Gasteiger partial charge in [-0.1, -0.05) is 18.3 Å². The van der Waals surface area contributed by atoms with E-state index >= 15 is 0 Å². The molecule has 0 spiro atoms. The van der Waals surface area contributed by atoms with Gasteiger partial charge in [-0.15, -0.1) is 0 Å². The number of hydrogen-bond donors (Lipinski definition) is 3. The predicted molar refractivity (Wildman–Crippen MR) is 86.1 cm³/mol. The normalized spacial score (nSPS) is 10.1. The first-order valence-electron chi connectivity index (χ1n) is 5.67. The fourth-order valence-electron chi connectivity index (χ4n) is 1.61. The zero-order chi connectivity index (χ0) is 14.7. The van der Waals surface area contributed by atoms with Gasteiger partial charge in [0.25, 0.3) is 5.91 Å². The molecule has 2 rings (SSSR count). The molecule has 0 atom stereocenters. The Morgan fingerprint density at radius 2 is 1.95 bits per heavy atom. The summed E-state index contributed by atoms with van der Waals surface area (Å²) in [6, 6.07) is 11.3. The number of halogens is 1. The first-order valence-corrected chi connectivity index (χ1v) is 6.87. The van der Waals surface area contributed by atoms with Crippen LogP contribution in [0.3, 0.4) is 0 Å². The van der Waals surface area contributed by atoms with Crippen molar-refractivity contribution in [1.29, 1.82) is 0 Å². The first-order chi connectivity index (χ1) is 9.47. The summed E-state index contributed by atoms with van der Waals surface area (Å²) in [4.78, 5) is 12.3. The van der Waals surface area contributed by atoms with E-state index in [1.54, 1.807) is 30.3 Å². The Kier molecular flexibility index (Phi) is 4.36. The van der Waals surface area contributed by atoms with Crippen molar-refractivity contribution < 1.29 is 9.90 Å². The maximum Gasteiger partial charge on any atom is 0.255 e. The minimum Gasteiger partial charge on any atom is -0.508 e. The third-order valence-electron chi connectivity index (χ3n) is 2.61. The summed E-state index contributed by atoms with van der Waals surface area (Å²) >= 11 is 8.24. The third kappa shape index (κ3) is 3.34. The van der Waals surface area contributed by atoms with Crippen LogP contribution >= 0.6 is 28.1 Å². The van der Waals surface area contributed by atoms with E-state index in [4.69, 9.17) is 18.0 Å². The summed E-state index contributed by atoms with van der Waals surface area (Å²) in [6.45, 7) is 0. The molecule has 6 heteroatoms.